The summed E-state index contributed by atoms with van der Waals surface area (Å²) in [6.07, 6.45) is -4.35. The number of alkyl halides is 3. The van der Waals surface area contributed by atoms with Crippen molar-refractivity contribution in [3.8, 4) is 11.8 Å². The van der Waals surface area contributed by atoms with Crippen molar-refractivity contribution in [2.75, 3.05) is 10.6 Å². The Morgan fingerprint density at radius 1 is 0.879 bits per heavy atom. The van der Waals surface area contributed by atoms with E-state index in [1.807, 2.05) is 12.3 Å². The fourth-order valence-corrected chi connectivity index (χ4v) is 4.35. The van der Waals surface area contributed by atoms with Crippen LogP contribution < -0.4 is 4.31 Å². The minimum atomic E-state index is -5.09. The molecule has 3 rings (SSSR count). The van der Waals surface area contributed by atoms with Crippen molar-refractivity contribution >= 4 is 29.4 Å². The third kappa shape index (κ3) is 5.87. The molecule has 2 N–H and O–H groups in total. The van der Waals surface area contributed by atoms with Crippen LogP contribution in [0.4, 0.5) is 18.9 Å². The number of anilines is 1. The second-order valence-corrected chi connectivity index (χ2v) is 8.99. The van der Waals surface area contributed by atoms with Gasteiger partial charge in [-0.25, -0.2) is 0 Å². The van der Waals surface area contributed by atoms with Crippen LogP contribution in [0.1, 0.15) is 18.1 Å². The number of nitrogens with zero attached hydrogens (tertiary/aromatic N) is 1. The average Bonchev–Trinajstić information content (AvgIpc) is 2.81. The lowest BCUT2D eigenvalue weighted by molar-refractivity contribution is -0.240. The zero-order chi connectivity index (χ0) is 24.1. The third-order valence-corrected chi connectivity index (χ3v) is 6.63. The molecule has 0 aliphatic heterocycles. The molecule has 0 aromatic heterocycles. The first kappa shape index (κ1) is 25.1. The van der Waals surface area contributed by atoms with Gasteiger partial charge in [-0.3, -0.25) is 4.31 Å². The van der Waals surface area contributed by atoms with Gasteiger partial charge in [-0.05, 0) is 73.5 Å². The SMILES string of the molecule is CSc1ccc(C#CC(O)(c2ccccc2N(Sc2ccccc2)C(C)O)C(F)(F)F)cc1. The van der Waals surface area contributed by atoms with Crippen LogP contribution in [0.25, 0.3) is 0 Å². The molecule has 0 bridgehead atoms. The molecule has 0 radical (unpaired) electrons. The van der Waals surface area contributed by atoms with Gasteiger partial charge in [0.05, 0.1) is 5.69 Å². The predicted octanol–water partition coefficient (Wildman–Crippen LogP) is 6.06. The first-order valence-electron chi connectivity index (χ1n) is 9.92. The van der Waals surface area contributed by atoms with Crippen molar-refractivity contribution in [1.29, 1.82) is 0 Å². The van der Waals surface area contributed by atoms with Crippen LogP contribution in [0.5, 0.6) is 0 Å². The summed E-state index contributed by atoms with van der Waals surface area (Å²) in [4.78, 5) is 1.66. The largest absolute Gasteiger partial charge is 0.433 e. The first-order valence-corrected chi connectivity index (χ1v) is 11.9. The van der Waals surface area contributed by atoms with E-state index in [9.17, 15) is 23.4 Å². The van der Waals surface area contributed by atoms with E-state index in [-0.39, 0.29) is 5.69 Å². The van der Waals surface area contributed by atoms with Gasteiger partial charge in [-0.1, -0.05) is 42.3 Å². The Labute approximate surface area is 199 Å². The van der Waals surface area contributed by atoms with Crippen LogP contribution in [0, 0.1) is 11.8 Å². The summed E-state index contributed by atoms with van der Waals surface area (Å²) in [5.74, 6) is 4.53. The fraction of sp³-hybridized carbons (Fsp3) is 0.200. The molecule has 0 aliphatic carbocycles. The van der Waals surface area contributed by atoms with Crippen molar-refractivity contribution in [1.82, 2.24) is 0 Å². The molecule has 172 valence electrons. The highest BCUT2D eigenvalue weighted by molar-refractivity contribution is 8.00. The van der Waals surface area contributed by atoms with Crippen LogP contribution in [-0.4, -0.2) is 28.9 Å². The number of benzene rings is 3. The number of aliphatic hydroxyl groups excluding tert-OH is 1. The Balaban J connectivity index is 2.10. The summed E-state index contributed by atoms with van der Waals surface area (Å²) in [5, 5.41) is 21.3. The molecular formula is C25H22F3NO2S2. The van der Waals surface area contributed by atoms with Gasteiger partial charge in [0.25, 0.3) is 5.60 Å². The number of thioether (sulfide) groups is 1. The highest BCUT2D eigenvalue weighted by Crippen LogP contribution is 2.44. The van der Waals surface area contributed by atoms with E-state index >= 15 is 0 Å². The summed E-state index contributed by atoms with van der Waals surface area (Å²) < 4.78 is 44.0. The monoisotopic (exact) mass is 489 g/mol. The molecule has 0 amide bonds. The topological polar surface area (TPSA) is 43.7 Å². The molecule has 3 aromatic carbocycles. The zero-order valence-corrected chi connectivity index (χ0v) is 19.5. The van der Waals surface area contributed by atoms with Crippen LogP contribution >= 0.6 is 23.7 Å². The Hall–Kier alpha value is -2.57. The number of para-hydroxylation sites is 1. The van der Waals surface area contributed by atoms with Gasteiger partial charge in [-0.2, -0.15) is 13.2 Å². The lowest BCUT2D eigenvalue weighted by Gasteiger charge is -2.33. The maximum Gasteiger partial charge on any atom is 0.433 e. The highest BCUT2D eigenvalue weighted by Gasteiger charge is 2.56. The molecule has 0 saturated heterocycles. The molecule has 0 aliphatic rings. The number of halogens is 3. The van der Waals surface area contributed by atoms with Crippen LogP contribution in [0.15, 0.2) is 88.7 Å². The second kappa shape index (κ2) is 10.6. The van der Waals surface area contributed by atoms with E-state index in [0.29, 0.717) is 10.5 Å². The van der Waals surface area contributed by atoms with Crippen LogP contribution in [0.2, 0.25) is 0 Å². The quantitative estimate of drug-likeness (QED) is 0.191. The summed E-state index contributed by atoms with van der Waals surface area (Å²) in [5.41, 5.74) is -3.56. The lowest BCUT2D eigenvalue weighted by atomic mass is 9.91. The van der Waals surface area contributed by atoms with Gasteiger partial charge < -0.3 is 10.2 Å². The summed E-state index contributed by atoms with van der Waals surface area (Å²) in [6, 6.07) is 21.2. The lowest BCUT2D eigenvalue weighted by Crippen LogP contribution is -2.42. The second-order valence-electron chi connectivity index (χ2n) is 7.07. The highest BCUT2D eigenvalue weighted by atomic mass is 32.2. The zero-order valence-electron chi connectivity index (χ0n) is 17.9. The molecule has 33 heavy (non-hydrogen) atoms. The molecule has 0 saturated carbocycles. The van der Waals surface area contributed by atoms with E-state index in [1.54, 1.807) is 54.6 Å². The van der Waals surface area contributed by atoms with Gasteiger partial charge in [0.1, 0.15) is 6.23 Å². The molecule has 3 nitrogen and oxygen atoms in total. The average molecular weight is 490 g/mol. The van der Waals surface area contributed by atoms with E-state index in [0.717, 1.165) is 16.8 Å². The standard InChI is InChI=1S/C25H22F3NO2S2/c1-18(30)29(33-21-8-4-3-5-9-21)23-11-7-6-10-22(23)24(31,25(26,27)28)17-16-19-12-14-20(32-2)15-13-19/h3-15,18,30-31H,1-2H3. The van der Waals surface area contributed by atoms with Crippen molar-refractivity contribution in [2.45, 2.75) is 34.7 Å². The molecule has 2 unspecified atom stereocenters. The number of hydrogen-bond donors (Lipinski definition) is 2. The first-order chi connectivity index (χ1) is 15.7. The fourth-order valence-electron chi connectivity index (χ4n) is 3.02. The molecule has 3 aromatic rings. The van der Waals surface area contributed by atoms with E-state index in [1.165, 1.54) is 41.2 Å². The minimum Gasteiger partial charge on any atom is -0.373 e. The third-order valence-electron chi connectivity index (χ3n) is 4.71. The van der Waals surface area contributed by atoms with Gasteiger partial charge in [0.2, 0.25) is 0 Å². The van der Waals surface area contributed by atoms with Crippen LogP contribution in [0.3, 0.4) is 0 Å². The van der Waals surface area contributed by atoms with Gasteiger partial charge >= 0.3 is 6.18 Å². The molecule has 0 spiro atoms. The Kier molecular flexibility index (Phi) is 8.03. The van der Waals surface area contributed by atoms with Crippen molar-refractivity contribution in [2.24, 2.45) is 0 Å². The summed E-state index contributed by atoms with van der Waals surface area (Å²) >= 11 is 2.57. The molecule has 0 heterocycles. The maximum atomic E-state index is 14.2. The van der Waals surface area contributed by atoms with E-state index < -0.39 is 23.6 Å². The van der Waals surface area contributed by atoms with E-state index in [2.05, 4.69) is 11.8 Å². The van der Waals surface area contributed by atoms with E-state index in [4.69, 9.17) is 0 Å². The molecule has 2 atom stereocenters. The Morgan fingerprint density at radius 3 is 2.06 bits per heavy atom. The predicted molar refractivity (Wildman–Crippen MR) is 128 cm³/mol. The summed E-state index contributed by atoms with van der Waals surface area (Å²) in [6.45, 7) is 1.44. The molecule has 8 heteroatoms. The molecule has 0 fully saturated rings. The Bertz CT molecular complexity index is 1130. The van der Waals surface area contributed by atoms with Crippen molar-refractivity contribution < 1.29 is 23.4 Å². The van der Waals surface area contributed by atoms with Gasteiger partial charge in [-0.15, -0.1) is 11.8 Å². The van der Waals surface area contributed by atoms with Crippen molar-refractivity contribution in [3.63, 3.8) is 0 Å². The summed E-state index contributed by atoms with van der Waals surface area (Å²) in [7, 11) is 0. The van der Waals surface area contributed by atoms with Crippen molar-refractivity contribution in [3.05, 3.63) is 90.0 Å². The number of aliphatic hydroxyl groups is 2. The van der Waals surface area contributed by atoms with Gasteiger partial charge in [0.15, 0.2) is 0 Å². The van der Waals surface area contributed by atoms with Crippen LogP contribution in [-0.2, 0) is 5.60 Å². The minimum absolute atomic E-state index is 0.00760. The maximum absolute atomic E-state index is 14.2. The smallest absolute Gasteiger partial charge is 0.373 e. The number of hydrogen-bond acceptors (Lipinski definition) is 5. The Morgan fingerprint density at radius 2 is 1.48 bits per heavy atom. The number of rotatable bonds is 6. The normalized spacial score (nSPS) is 14.0. The molecular weight excluding hydrogens is 467 g/mol. The van der Waals surface area contributed by atoms with Gasteiger partial charge in [0, 0.05) is 20.9 Å².